The monoisotopic (exact) mass is 402 g/mol. The topological polar surface area (TPSA) is 26.3 Å². The number of esters is 1. The van der Waals surface area contributed by atoms with Gasteiger partial charge >= 0.3 is 5.97 Å². The fraction of sp³-hybridized carbons (Fsp3) is 0.737. The van der Waals surface area contributed by atoms with Crippen molar-refractivity contribution in [2.45, 2.75) is 89.3 Å². The zero-order valence-corrected chi connectivity index (χ0v) is 17.2. The van der Waals surface area contributed by atoms with E-state index in [4.69, 9.17) is 4.74 Å². The van der Waals surface area contributed by atoms with Gasteiger partial charge in [0.25, 0.3) is 0 Å². The molecule has 0 saturated heterocycles. The molecule has 4 heteroatoms. The number of hydrogen-bond acceptors (Lipinski definition) is 3. The summed E-state index contributed by atoms with van der Waals surface area (Å²) in [6.45, 7) is 5.88. The number of carbonyl (C=O) groups excluding carboxylic acids is 1. The van der Waals surface area contributed by atoms with E-state index >= 15 is 0 Å². The summed E-state index contributed by atoms with van der Waals surface area (Å²) in [5, 5.41) is 2.77. The summed E-state index contributed by atoms with van der Waals surface area (Å²) in [5.74, 6) is -0.228. The van der Waals surface area contributed by atoms with Crippen LogP contribution in [0, 0.1) is 0 Å². The quantitative estimate of drug-likeness (QED) is 0.216. The van der Waals surface area contributed by atoms with Gasteiger partial charge in [0.1, 0.15) is 4.32 Å². The van der Waals surface area contributed by atoms with Crippen LogP contribution in [0.5, 0.6) is 5.06 Å². The highest BCUT2D eigenvalue weighted by atomic mass is 79.9. The Labute approximate surface area is 154 Å². The van der Waals surface area contributed by atoms with E-state index < -0.39 is 4.32 Å². The third-order valence-corrected chi connectivity index (χ3v) is 5.08. The number of carbonyl (C=O) groups is 1. The number of unbranched alkanes of at least 4 members (excludes halogenated alkanes) is 8. The van der Waals surface area contributed by atoms with Gasteiger partial charge in [-0.25, -0.2) is 0 Å². The Morgan fingerprint density at radius 2 is 1.65 bits per heavy atom. The molecule has 0 fully saturated rings. The first-order valence-electron chi connectivity index (χ1n) is 8.92. The second-order valence-electron chi connectivity index (χ2n) is 6.67. The van der Waals surface area contributed by atoms with Crippen LogP contribution in [0.3, 0.4) is 0 Å². The molecule has 0 atom stereocenters. The van der Waals surface area contributed by atoms with Gasteiger partial charge in [-0.1, -0.05) is 74.2 Å². The first kappa shape index (κ1) is 20.7. The van der Waals surface area contributed by atoms with Crippen molar-refractivity contribution in [3.05, 3.63) is 17.0 Å². The van der Waals surface area contributed by atoms with Crippen LogP contribution in [0.4, 0.5) is 0 Å². The Hall–Kier alpha value is -0.350. The van der Waals surface area contributed by atoms with Crippen LogP contribution in [0.15, 0.2) is 11.4 Å². The Bertz CT molecular complexity index is 448. The Balaban J connectivity index is 2.19. The first-order valence-corrected chi connectivity index (χ1v) is 10.6. The third kappa shape index (κ3) is 8.90. The SMILES string of the molecule is CCCCCCCCCCCc1ccsc1OC(=O)C(C)(C)Br. The highest BCUT2D eigenvalue weighted by molar-refractivity contribution is 9.10. The average Bonchev–Trinajstić information content (AvgIpc) is 2.92. The fourth-order valence-electron chi connectivity index (χ4n) is 2.43. The van der Waals surface area contributed by atoms with Gasteiger partial charge in [0.15, 0.2) is 5.06 Å². The molecule has 0 aliphatic heterocycles. The van der Waals surface area contributed by atoms with Gasteiger partial charge in [0.2, 0.25) is 0 Å². The number of rotatable bonds is 12. The second-order valence-corrected chi connectivity index (χ2v) is 9.53. The van der Waals surface area contributed by atoms with Gasteiger partial charge in [-0.05, 0) is 38.1 Å². The zero-order valence-electron chi connectivity index (χ0n) is 14.8. The predicted molar refractivity (Wildman–Crippen MR) is 104 cm³/mol. The Kier molecular flexibility index (Phi) is 10.1. The van der Waals surface area contributed by atoms with Gasteiger partial charge in [-0.2, -0.15) is 0 Å². The minimum Gasteiger partial charge on any atom is -0.414 e. The standard InChI is InChI=1S/C19H31BrO2S/c1-4-5-6-7-8-9-10-11-12-13-16-14-15-23-17(16)22-18(21)19(2,3)20/h14-15H,4-13H2,1-3H3. The lowest BCUT2D eigenvalue weighted by Crippen LogP contribution is -2.29. The smallest absolute Gasteiger partial charge is 0.328 e. The average molecular weight is 403 g/mol. The summed E-state index contributed by atoms with van der Waals surface area (Å²) in [6.07, 6.45) is 13.0. The largest absolute Gasteiger partial charge is 0.414 e. The summed E-state index contributed by atoms with van der Waals surface area (Å²) >= 11 is 4.86. The van der Waals surface area contributed by atoms with Crippen LogP contribution >= 0.6 is 27.3 Å². The van der Waals surface area contributed by atoms with Crippen LogP contribution in [-0.4, -0.2) is 10.3 Å². The van der Waals surface area contributed by atoms with Crippen molar-refractivity contribution in [3.63, 3.8) is 0 Å². The molecule has 0 radical (unpaired) electrons. The van der Waals surface area contributed by atoms with Crippen molar-refractivity contribution in [1.29, 1.82) is 0 Å². The fourth-order valence-corrected chi connectivity index (χ4v) is 3.31. The normalized spacial score (nSPS) is 11.7. The Morgan fingerprint density at radius 3 is 2.22 bits per heavy atom. The number of thiophene rings is 1. The van der Waals surface area contributed by atoms with Gasteiger partial charge < -0.3 is 4.74 Å². The minimum absolute atomic E-state index is 0.228. The molecule has 0 bridgehead atoms. The lowest BCUT2D eigenvalue weighted by atomic mass is 10.0. The summed E-state index contributed by atoms with van der Waals surface area (Å²) in [6, 6.07) is 2.08. The molecule has 132 valence electrons. The maximum atomic E-state index is 11.9. The molecule has 0 aliphatic carbocycles. The van der Waals surface area contributed by atoms with Crippen molar-refractivity contribution in [3.8, 4) is 5.06 Å². The van der Waals surface area contributed by atoms with Gasteiger partial charge in [0.05, 0.1) is 0 Å². The molecule has 23 heavy (non-hydrogen) atoms. The minimum atomic E-state index is -0.633. The van der Waals surface area contributed by atoms with Gasteiger partial charge in [0, 0.05) is 5.56 Å². The maximum Gasteiger partial charge on any atom is 0.328 e. The second kappa shape index (κ2) is 11.2. The van der Waals surface area contributed by atoms with Gasteiger partial charge in [-0.3, -0.25) is 4.79 Å². The molecule has 1 rings (SSSR count). The van der Waals surface area contributed by atoms with E-state index in [0.29, 0.717) is 0 Å². The number of ether oxygens (including phenoxy) is 1. The summed E-state index contributed by atoms with van der Waals surface area (Å²) in [4.78, 5) is 11.9. The number of aryl methyl sites for hydroxylation is 1. The number of alkyl halides is 1. The van der Waals surface area contributed by atoms with E-state index in [-0.39, 0.29) is 5.97 Å². The molecule has 0 amide bonds. The highest BCUT2D eigenvalue weighted by Gasteiger charge is 2.27. The molecule has 1 heterocycles. The molecule has 0 unspecified atom stereocenters. The summed E-state index contributed by atoms with van der Waals surface area (Å²) < 4.78 is 4.88. The third-order valence-electron chi connectivity index (χ3n) is 3.93. The van der Waals surface area contributed by atoms with E-state index in [9.17, 15) is 4.79 Å². The summed E-state index contributed by atoms with van der Waals surface area (Å²) in [5.41, 5.74) is 1.17. The molecule has 1 aromatic heterocycles. The molecular formula is C19H31BrO2S. The molecule has 1 aromatic rings. The van der Waals surface area contributed by atoms with E-state index in [1.54, 1.807) is 0 Å². The van der Waals surface area contributed by atoms with Crippen LogP contribution in [0.25, 0.3) is 0 Å². The van der Waals surface area contributed by atoms with E-state index in [1.165, 1.54) is 74.7 Å². The van der Waals surface area contributed by atoms with Crippen LogP contribution < -0.4 is 4.74 Å². The molecule has 0 saturated carbocycles. The highest BCUT2D eigenvalue weighted by Crippen LogP contribution is 2.30. The molecule has 0 spiro atoms. The van der Waals surface area contributed by atoms with Crippen molar-refractivity contribution >= 4 is 33.2 Å². The lowest BCUT2D eigenvalue weighted by molar-refractivity contribution is -0.135. The van der Waals surface area contributed by atoms with Crippen LogP contribution in [-0.2, 0) is 11.2 Å². The van der Waals surface area contributed by atoms with Gasteiger partial charge in [-0.15, -0.1) is 11.3 Å². The zero-order chi connectivity index (χ0) is 17.1. The lowest BCUT2D eigenvalue weighted by Gasteiger charge is -2.14. The van der Waals surface area contributed by atoms with Crippen molar-refractivity contribution < 1.29 is 9.53 Å². The number of hydrogen-bond donors (Lipinski definition) is 0. The van der Waals surface area contributed by atoms with Crippen LogP contribution in [0.2, 0.25) is 0 Å². The number of halogens is 1. The van der Waals surface area contributed by atoms with Crippen LogP contribution in [0.1, 0.15) is 84.1 Å². The van der Waals surface area contributed by atoms with E-state index in [1.807, 2.05) is 19.2 Å². The van der Waals surface area contributed by atoms with Crippen molar-refractivity contribution in [2.75, 3.05) is 0 Å². The van der Waals surface area contributed by atoms with Crippen molar-refractivity contribution in [1.82, 2.24) is 0 Å². The molecular weight excluding hydrogens is 372 g/mol. The van der Waals surface area contributed by atoms with Crippen molar-refractivity contribution in [2.24, 2.45) is 0 Å². The first-order chi connectivity index (χ1) is 10.9. The summed E-state index contributed by atoms with van der Waals surface area (Å²) in [7, 11) is 0. The van der Waals surface area contributed by atoms with E-state index in [0.717, 1.165) is 11.5 Å². The molecule has 0 aromatic carbocycles. The Morgan fingerprint density at radius 1 is 1.09 bits per heavy atom. The maximum absolute atomic E-state index is 11.9. The molecule has 0 aliphatic rings. The molecule has 2 nitrogen and oxygen atoms in total. The van der Waals surface area contributed by atoms with E-state index in [2.05, 4.69) is 28.9 Å². The predicted octanol–water partition coefficient (Wildman–Crippen LogP) is 6.90. The molecule has 0 N–H and O–H groups in total.